The molecular formula is C9H11ClNO3S. The summed E-state index contributed by atoms with van der Waals surface area (Å²) in [6.07, 6.45) is 0.668. The molecule has 0 aliphatic carbocycles. The van der Waals surface area contributed by atoms with E-state index in [4.69, 9.17) is 16.7 Å². The van der Waals surface area contributed by atoms with Crippen molar-refractivity contribution in [1.29, 1.82) is 0 Å². The minimum Gasteiger partial charge on any atom is -0.237 e. The number of hydrogen-bond acceptors (Lipinski definition) is 2. The average Bonchev–Trinajstić information content (AvgIpc) is 2.14. The molecule has 0 heterocycles. The lowest BCUT2D eigenvalue weighted by atomic mass is 10.1. The summed E-state index contributed by atoms with van der Waals surface area (Å²) >= 11 is 5.85. The number of primary sulfonamides is 1. The molecule has 1 aromatic rings. The minimum atomic E-state index is -3.77. The van der Waals surface area contributed by atoms with Gasteiger partial charge in [0.1, 0.15) is 0 Å². The Morgan fingerprint density at radius 3 is 2.53 bits per heavy atom. The fraction of sp³-hybridized carbons (Fsp3) is 0.333. The van der Waals surface area contributed by atoms with E-state index in [1.54, 1.807) is 6.07 Å². The van der Waals surface area contributed by atoms with Crippen molar-refractivity contribution < 1.29 is 13.5 Å². The van der Waals surface area contributed by atoms with E-state index < -0.39 is 10.0 Å². The molecule has 0 bridgehead atoms. The van der Waals surface area contributed by atoms with Crippen LogP contribution in [0.1, 0.15) is 12.0 Å². The first kappa shape index (κ1) is 12.4. The molecule has 0 aromatic heterocycles. The molecule has 0 spiro atoms. The zero-order valence-corrected chi connectivity index (χ0v) is 9.51. The second kappa shape index (κ2) is 4.94. The molecule has 0 fully saturated rings. The van der Waals surface area contributed by atoms with Crippen LogP contribution < -0.4 is 5.14 Å². The van der Waals surface area contributed by atoms with Crippen LogP contribution in [0.3, 0.4) is 0 Å². The third-order valence-electron chi connectivity index (χ3n) is 1.95. The highest BCUT2D eigenvalue weighted by Crippen LogP contribution is 2.24. The van der Waals surface area contributed by atoms with Crippen LogP contribution in [0.4, 0.5) is 0 Å². The van der Waals surface area contributed by atoms with Crippen molar-refractivity contribution in [3.8, 4) is 0 Å². The highest BCUT2D eigenvalue weighted by molar-refractivity contribution is 7.89. The molecule has 83 valence electrons. The van der Waals surface area contributed by atoms with E-state index in [0.717, 1.165) is 0 Å². The highest BCUT2D eigenvalue weighted by Gasteiger charge is 2.15. The van der Waals surface area contributed by atoms with Crippen LogP contribution in [-0.2, 0) is 21.6 Å². The summed E-state index contributed by atoms with van der Waals surface area (Å²) in [6.45, 7) is -0.269. The Kier molecular flexibility index (Phi) is 4.10. The Balaban J connectivity index is 3.21. The molecule has 0 atom stereocenters. The van der Waals surface area contributed by atoms with E-state index in [-0.39, 0.29) is 11.5 Å². The number of hydrogen-bond donors (Lipinski definition) is 1. The van der Waals surface area contributed by atoms with Gasteiger partial charge in [-0.1, -0.05) is 17.7 Å². The fourth-order valence-corrected chi connectivity index (χ4v) is 2.45. The summed E-state index contributed by atoms with van der Waals surface area (Å²) in [5.41, 5.74) is 0.428. The Hall–Kier alpha value is -0.620. The predicted molar refractivity (Wildman–Crippen MR) is 56.7 cm³/mol. The van der Waals surface area contributed by atoms with E-state index in [1.807, 2.05) is 0 Å². The lowest BCUT2D eigenvalue weighted by molar-refractivity contribution is 0.189. The highest BCUT2D eigenvalue weighted by atomic mass is 35.5. The molecule has 1 aromatic carbocycles. The molecule has 1 radical (unpaired) electrons. The van der Waals surface area contributed by atoms with Gasteiger partial charge in [-0.05, 0) is 30.5 Å². The minimum absolute atomic E-state index is 0.00319. The molecular weight excluding hydrogens is 238 g/mol. The van der Waals surface area contributed by atoms with Gasteiger partial charge in [-0.3, -0.25) is 0 Å². The van der Waals surface area contributed by atoms with Gasteiger partial charge in [0.15, 0.2) is 0 Å². The van der Waals surface area contributed by atoms with E-state index >= 15 is 0 Å². The van der Waals surface area contributed by atoms with Crippen molar-refractivity contribution in [3.63, 3.8) is 0 Å². The number of halogens is 1. The Morgan fingerprint density at radius 2 is 2.00 bits per heavy atom. The van der Waals surface area contributed by atoms with Gasteiger partial charge in [-0.15, -0.1) is 0 Å². The monoisotopic (exact) mass is 248 g/mol. The number of rotatable bonds is 4. The summed E-state index contributed by atoms with van der Waals surface area (Å²) in [4.78, 5) is 0.00319. The molecule has 0 aliphatic heterocycles. The molecule has 0 amide bonds. The summed E-state index contributed by atoms with van der Waals surface area (Å²) in [6, 6.07) is 4.49. The molecule has 15 heavy (non-hydrogen) atoms. The van der Waals surface area contributed by atoms with Crippen LogP contribution >= 0.6 is 11.6 Å². The number of sulfonamides is 1. The van der Waals surface area contributed by atoms with Gasteiger partial charge < -0.3 is 0 Å². The van der Waals surface area contributed by atoms with Crippen LogP contribution in [-0.4, -0.2) is 15.0 Å². The first-order chi connectivity index (χ1) is 6.96. The van der Waals surface area contributed by atoms with Gasteiger partial charge in [-0.2, -0.15) is 0 Å². The second-order valence-electron chi connectivity index (χ2n) is 3.07. The lowest BCUT2D eigenvalue weighted by Gasteiger charge is -2.08. The molecule has 0 unspecified atom stereocenters. The number of benzene rings is 1. The van der Waals surface area contributed by atoms with E-state index in [2.05, 4.69) is 0 Å². The standard InChI is InChI=1S/C9H11ClNO3S/c10-8-4-1-5-9(15(11,13)14)7(8)3-2-6-12/h1,4-5H,2-3,6H2,(H2,11,13,14). The van der Waals surface area contributed by atoms with Gasteiger partial charge in [0, 0.05) is 5.02 Å². The van der Waals surface area contributed by atoms with E-state index in [1.165, 1.54) is 12.1 Å². The topological polar surface area (TPSA) is 80.1 Å². The normalized spacial score (nSPS) is 11.7. The quantitative estimate of drug-likeness (QED) is 0.873. The second-order valence-corrected chi connectivity index (χ2v) is 5.01. The Bertz CT molecular complexity index is 445. The summed E-state index contributed by atoms with van der Waals surface area (Å²) in [5.74, 6) is 0. The maximum atomic E-state index is 11.2. The molecule has 0 saturated heterocycles. The molecule has 0 aliphatic rings. The van der Waals surface area contributed by atoms with Crippen LogP contribution in [0.2, 0.25) is 5.02 Å². The first-order valence-electron chi connectivity index (χ1n) is 4.35. The van der Waals surface area contributed by atoms with E-state index in [0.29, 0.717) is 23.4 Å². The SMILES string of the molecule is NS(=O)(=O)c1cccc(Cl)c1CCC[O]. The van der Waals surface area contributed by atoms with Crippen LogP contribution in [0.15, 0.2) is 23.1 Å². The summed E-state index contributed by atoms with van der Waals surface area (Å²) < 4.78 is 22.4. The number of nitrogens with two attached hydrogens (primary N) is 1. The molecule has 4 nitrogen and oxygen atoms in total. The first-order valence-corrected chi connectivity index (χ1v) is 6.27. The lowest BCUT2D eigenvalue weighted by Crippen LogP contribution is -2.15. The predicted octanol–water partition coefficient (Wildman–Crippen LogP) is 1.35. The van der Waals surface area contributed by atoms with Crippen LogP contribution in [0.5, 0.6) is 0 Å². The van der Waals surface area contributed by atoms with Crippen LogP contribution in [0, 0.1) is 0 Å². The Morgan fingerprint density at radius 1 is 1.33 bits per heavy atom. The van der Waals surface area contributed by atoms with Crippen molar-refractivity contribution in [3.05, 3.63) is 28.8 Å². The summed E-state index contributed by atoms with van der Waals surface area (Å²) in [5, 5.41) is 15.7. The third-order valence-corrected chi connectivity index (χ3v) is 3.30. The van der Waals surface area contributed by atoms with Crippen LogP contribution in [0.25, 0.3) is 0 Å². The van der Waals surface area contributed by atoms with Crippen molar-refractivity contribution in [2.45, 2.75) is 17.7 Å². The maximum absolute atomic E-state index is 11.2. The van der Waals surface area contributed by atoms with Crippen molar-refractivity contribution in [2.75, 3.05) is 6.61 Å². The Labute approximate surface area is 93.7 Å². The molecule has 0 saturated carbocycles. The third kappa shape index (κ3) is 3.17. The van der Waals surface area contributed by atoms with Gasteiger partial charge >= 0.3 is 0 Å². The van der Waals surface area contributed by atoms with Gasteiger partial charge in [0.25, 0.3) is 0 Å². The molecule has 1 rings (SSSR count). The average molecular weight is 249 g/mol. The molecule has 2 N–H and O–H groups in total. The van der Waals surface area contributed by atoms with Gasteiger partial charge in [-0.25, -0.2) is 18.7 Å². The van der Waals surface area contributed by atoms with Crippen molar-refractivity contribution >= 4 is 21.6 Å². The smallest absolute Gasteiger partial charge is 0.237 e. The van der Waals surface area contributed by atoms with Crippen molar-refractivity contribution in [1.82, 2.24) is 0 Å². The van der Waals surface area contributed by atoms with Crippen molar-refractivity contribution in [2.24, 2.45) is 5.14 Å². The van der Waals surface area contributed by atoms with E-state index in [9.17, 15) is 13.5 Å². The fourth-order valence-electron chi connectivity index (χ4n) is 1.30. The largest absolute Gasteiger partial charge is 0.238 e. The van der Waals surface area contributed by atoms with Gasteiger partial charge in [0.2, 0.25) is 10.0 Å². The zero-order valence-electron chi connectivity index (χ0n) is 7.94. The zero-order chi connectivity index (χ0) is 11.5. The maximum Gasteiger partial charge on any atom is 0.238 e. The molecule has 6 heteroatoms. The van der Waals surface area contributed by atoms with Gasteiger partial charge in [0.05, 0.1) is 11.5 Å². The summed E-state index contributed by atoms with van der Waals surface area (Å²) in [7, 11) is -3.77.